The second kappa shape index (κ2) is 4.66. The van der Waals surface area contributed by atoms with Gasteiger partial charge in [-0.3, -0.25) is 4.79 Å². The number of aromatic carboxylic acids is 1. The predicted octanol–water partition coefficient (Wildman–Crippen LogP) is 0.491. The molecular formula is C12H13NO5. The van der Waals surface area contributed by atoms with Gasteiger partial charge < -0.3 is 19.8 Å². The number of anilines is 1. The molecule has 1 unspecified atom stereocenters. The average molecular weight is 251 g/mol. The molecule has 1 aromatic carbocycles. The number of carboxylic acids is 1. The Kier molecular flexibility index (Phi) is 3.20. The molecule has 0 aliphatic carbocycles. The highest BCUT2D eigenvalue weighted by Crippen LogP contribution is 2.27. The Hall–Kier alpha value is -2.08. The van der Waals surface area contributed by atoms with Gasteiger partial charge in [-0.2, -0.15) is 0 Å². The molecule has 6 nitrogen and oxygen atoms in total. The lowest BCUT2D eigenvalue weighted by atomic mass is 10.1. The van der Waals surface area contributed by atoms with E-state index in [9.17, 15) is 14.7 Å². The molecule has 1 aliphatic heterocycles. The lowest BCUT2D eigenvalue weighted by molar-refractivity contribution is -0.117. The maximum absolute atomic E-state index is 11.6. The average Bonchev–Trinajstić information content (AvgIpc) is 2.67. The third-order valence-corrected chi connectivity index (χ3v) is 2.83. The van der Waals surface area contributed by atoms with Crippen LogP contribution in [-0.2, 0) is 4.79 Å². The number of hydrogen-bond donors (Lipinski definition) is 2. The van der Waals surface area contributed by atoms with Crippen molar-refractivity contribution in [3.05, 3.63) is 23.8 Å². The fourth-order valence-corrected chi connectivity index (χ4v) is 1.97. The fourth-order valence-electron chi connectivity index (χ4n) is 1.97. The monoisotopic (exact) mass is 251 g/mol. The third-order valence-electron chi connectivity index (χ3n) is 2.83. The molecule has 1 amide bonds. The van der Waals surface area contributed by atoms with Crippen molar-refractivity contribution in [1.82, 2.24) is 0 Å². The maximum Gasteiger partial charge on any atom is 0.339 e. The van der Waals surface area contributed by atoms with Crippen molar-refractivity contribution in [2.24, 2.45) is 0 Å². The van der Waals surface area contributed by atoms with Crippen LogP contribution in [0.2, 0.25) is 0 Å². The van der Waals surface area contributed by atoms with Gasteiger partial charge >= 0.3 is 5.97 Å². The van der Waals surface area contributed by atoms with Gasteiger partial charge in [0, 0.05) is 5.69 Å². The number of β-amino-alcohol motifs (C(OH)–C–C–N with tert-alkyl or cyclic N) is 1. The van der Waals surface area contributed by atoms with Gasteiger partial charge in [-0.15, -0.1) is 0 Å². The predicted molar refractivity (Wildman–Crippen MR) is 62.9 cm³/mol. The molecule has 0 aromatic heterocycles. The molecule has 0 spiro atoms. The van der Waals surface area contributed by atoms with Crippen molar-refractivity contribution in [3.63, 3.8) is 0 Å². The Morgan fingerprint density at radius 2 is 2.22 bits per heavy atom. The SMILES string of the molecule is COc1ccc(N2CC(O)CC2=O)cc1C(=O)O. The van der Waals surface area contributed by atoms with Crippen LogP contribution in [0.5, 0.6) is 5.75 Å². The highest BCUT2D eigenvalue weighted by atomic mass is 16.5. The summed E-state index contributed by atoms with van der Waals surface area (Å²) >= 11 is 0. The van der Waals surface area contributed by atoms with Crippen molar-refractivity contribution in [1.29, 1.82) is 0 Å². The van der Waals surface area contributed by atoms with E-state index in [-0.39, 0.29) is 30.2 Å². The molecule has 18 heavy (non-hydrogen) atoms. The summed E-state index contributed by atoms with van der Waals surface area (Å²) in [7, 11) is 1.38. The zero-order chi connectivity index (χ0) is 13.3. The summed E-state index contributed by atoms with van der Waals surface area (Å²) in [5.74, 6) is -1.11. The Labute approximate surface area is 103 Å². The largest absolute Gasteiger partial charge is 0.496 e. The molecule has 1 heterocycles. The molecule has 2 rings (SSSR count). The summed E-state index contributed by atoms with van der Waals surface area (Å²) in [6.07, 6.45) is -0.637. The van der Waals surface area contributed by atoms with Gasteiger partial charge in [-0.1, -0.05) is 0 Å². The summed E-state index contributed by atoms with van der Waals surface area (Å²) in [6, 6.07) is 4.47. The lowest BCUT2D eigenvalue weighted by Gasteiger charge is -2.17. The number of aliphatic hydroxyl groups is 1. The van der Waals surface area contributed by atoms with Gasteiger partial charge in [0.15, 0.2) is 0 Å². The topological polar surface area (TPSA) is 87.1 Å². The van der Waals surface area contributed by atoms with E-state index in [1.165, 1.54) is 24.1 Å². The summed E-state index contributed by atoms with van der Waals surface area (Å²) in [6.45, 7) is 0.185. The van der Waals surface area contributed by atoms with Crippen LogP contribution < -0.4 is 9.64 Å². The van der Waals surface area contributed by atoms with Gasteiger partial charge in [-0.25, -0.2) is 4.79 Å². The molecule has 6 heteroatoms. The number of carbonyl (C=O) groups is 2. The standard InChI is InChI=1S/C12H13NO5/c1-18-10-3-2-7(4-9(10)12(16)17)13-6-8(14)5-11(13)15/h2-4,8,14H,5-6H2,1H3,(H,16,17). The first-order valence-electron chi connectivity index (χ1n) is 5.42. The van der Waals surface area contributed by atoms with E-state index in [4.69, 9.17) is 9.84 Å². The molecule has 1 saturated heterocycles. The van der Waals surface area contributed by atoms with E-state index in [0.29, 0.717) is 5.69 Å². The number of carboxylic acid groups (broad SMARTS) is 1. The van der Waals surface area contributed by atoms with Crippen molar-refractivity contribution >= 4 is 17.6 Å². The number of ether oxygens (including phenoxy) is 1. The summed E-state index contributed by atoms with van der Waals surface area (Å²) in [5, 5.41) is 18.5. The number of aliphatic hydroxyl groups excluding tert-OH is 1. The van der Waals surface area contributed by atoms with Crippen molar-refractivity contribution in [2.75, 3.05) is 18.6 Å². The minimum atomic E-state index is -1.12. The molecule has 96 valence electrons. The van der Waals surface area contributed by atoms with Crippen LogP contribution in [0.3, 0.4) is 0 Å². The minimum absolute atomic E-state index is 0.0100. The molecular weight excluding hydrogens is 238 g/mol. The number of carbonyl (C=O) groups excluding carboxylic acids is 1. The summed E-state index contributed by atoms with van der Waals surface area (Å²) in [5.41, 5.74) is 0.443. The Morgan fingerprint density at radius 1 is 1.50 bits per heavy atom. The summed E-state index contributed by atoms with van der Waals surface area (Å²) in [4.78, 5) is 24.0. The van der Waals surface area contributed by atoms with E-state index in [2.05, 4.69) is 0 Å². The first kappa shape index (κ1) is 12.4. The zero-order valence-electron chi connectivity index (χ0n) is 9.79. The van der Waals surface area contributed by atoms with Crippen LogP contribution in [0.25, 0.3) is 0 Å². The van der Waals surface area contributed by atoms with Crippen molar-refractivity contribution < 1.29 is 24.5 Å². The lowest BCUT2D eigenvalue weighted by Crippen LogP contribution is -2.25. The number of rotatable bonds is 3. The number of benzene rings is 1. The number of hydrogen-bond acceptors (Lipinski definition) is 4. The van der Waals surface area contributed by atoms with E-state index in [1.807, 2.05) is 0 Å². The van der Waals surface area contributed by atoms with Crippen LogP contribution in [0.1, 0.15) is 16.8 Å². The van der Waals surface area contributed by atoms with Gasteiger partial charge in [0.2, 0.25) is 5.91 Å². The Balaban J connectivity index is 2.38. The zero-order valence-corrected chi connectivity index (χ0v) is 9.79. The second-order valence-corrected chi connectivity index (χ2v) is 4.05. The van der Waals surface area contributed by atoms with Crippen molar-refractivity contribution in [2.45, 2.75) is 12.5 Å². The van der Waals surface area contributed by atoms with Crippen LogP contribution in [0.15, 0.2) is 18.2 Å². The molecule has 0 bridgehead atoms. The third kappa shape index (κ3) is 2.14. The van der Waals surface area contributed by atoms with Crippen LogP contribution >= 0.6 is 0 Å². The highest BCUT2D eigenvalue weighted by molar-refractivity contribution is 5.98. The van der Waals surface area contributed by atoms with Gasteiger partial charge in [0.1, 0.15) is 11.3 Å². The normalized spacial score (nSPS) is 19.1. The van der Waals surface area contributed by atoms with Gasteiger partial charge in [0.25, 0.3) is 0 Å². The molecule has 1 fully saturated rings. The van der Waals surface area contributed by atoms with Gasteiger partial charge in [0.05, 0.1) is 26.2 Å². The first-order chi connectivity index (χ1) is 8.52. The van der Waals surface area contributed by atoms with Crippen LogP contribution in [0.4, 0.5) is 5.69 Å². The molecule has 1 atom stereocenters. The molecule has 1 aliphatic rings. The molecule has 1 aromatic rings. The van der Waals surface area contributed by atoms with E-state index >= 15 is 0 Å². The van der Waals surface area contributed by atoms with E-state index in [0.717, 1.165) is 0 Å². The summed E-state index contributed by atoms with van der Waals surface area (Å²) < 4.78 is 4.94. The quantitative estimate of drug-likeness (QED) is 0.816. The van der Waals surface area contributed by atoms with E-state index < -0.39 is 12.1 Å². The fraction of sp³-hybridized carbons (Fsp3) is 0.333. The molecule has 0 radical (unpaired) electrons. The molecule has 0 saturated carbocycles. The Bertz CT molecular complexity index is 499. The Morgan fingerprint density at radius 3 is 2.72 bits per heavy atom. The van der Waals surface area contributed by atoms with E-state index in [1.54, 1.807) is 6.07 Å². The smallest absolute Gasteiger partial charge is 0.339 e. The number of nitrogens with zero attached hydrogens (tertiary/aromatic N) is 1. The minimum Gasteiger partial charge on any atom is -0.496 e. The van der Waals surface area contributed by atoms with Crippen LogP contribution in [0, 0.1) is 0 Å². The van der Waals surface area contributed by atoms with Gasteiger partial charge in [-0.05, 0) is 18.2 Å². The second-order valence-electron chi connectivity index (χ2n) is 4.05. The molecule has 2 N–H and O–H groups in total. The van der Waals surface area contributed by atoms with Crippen molar-refractivity contribution in [3.8, 4) is 5.75 Å². The first-order valence-corrected chi connectivity index (χ1v) is 5.42. The maximum atomic E-state index is 11.6. The number of amides is 1. The number of methoxy groups -OCH3 is 1. The highest BCUT2D eigenvalue weighted by Gasteiger charge is 2.29. The van der Waals surface area contributed by atoms with Crippen LogP contribution in [-0.4, -0.2) is 41.8 Å².